The normalized spacial score (nSPS) is 40.0. The molecule has 3 fully saturated rings. The molecule has 3 heteroatoms. The van der Waals surface area contributed by atoms with E-state index in [1.807, 2.05) is 0 Å². The lowest BCUT2D eigenvalue weighted by Crippen LogP contribution is -2.52. The van der Waals surface area contributed by atoms with Gasteiger partial charge in [0.1, 0.15) is 0 Å². The largest absolute Gasteiger partial charge is 0.255 e. The number of rotatable bonds is 0. The van der Waals surface area contributed by atoms with E-state index in [4.69, 9.17) is 0 Å². The van der Waals surface area contributed by atoms with Crippen LogP contribution in [0.5, 0.6) is 0 Å². The minimum absolute atomic E-state index is 0. The van der Waals surface area contributed by atoms with Crippen LogP contribution in [-0.4, -0.2) is 33.1 Å². The maximum atomic E-state index is 3.35. The van der Waals surface area contributed by atoms with Gasteiger partial charge in [-0.15, -0.1) is 0 Å². The van der Waals surface area contributed by atoms with Gasteiger partial charge in [-0.1, -0.05) is 0 Å². The monoisotopic (exact) mass is 126 g/mol. The third-order valence-electron chi connectivity index (χ3n) is 2.22. The first kappa shape index (κ1) is 7.10. The summed E-state index contributed by atoms with van der Waals surface area (Å²) in [5.41, 5.74) is 3.35. The number of hydrogen-bond acceptors (Lipinski definition) is 2. The summed E-state index contributed by atoms with van der Waals surface area (Å²) in [6.07, 6.45) is 2.85. The van der Waals surface area contributed by atoms with Crippen molar-refractivity contribution in [1.29, 1.82) is 0 Å². The van der Waals surface area contributed by atoms with Crippen LogP contribution < -0.4 is 5.43 Å². The molecule has 1 N–H and O–H groups in total. The Morgan fingerprint density at radius 3 is 2.00 bits per heavy atom. The summed E-state index contributed by atoms with van der Waals surface area (Å²) >= 11 is 0. The van der Waals surface area contributed by atoms with Crippen molar-refractivity contribution in [3.05, 3.63) is 0 Å². The highest BCUT2D eigenvalue weighted by Gasteiger charge is 2.24. The zero-order valence-electron chi connectivity index (χ0n) is 5.06. The van der Waals surface area contributed by atoms with Crippen molar-refractivity contribution in [3.63, 3.8) is 0 Å². The van der Waals surface area contributed by atoms with E-state index in [9.17, 15) is 0 Å². The van der Waals surface area contributed by atoms with Crippen molar-refractivity contribution < 1.29 is 0 Å². The Morgan fingerprint density at radius 2 is 1.89 bits per heavy atom. The molecule has 3 aliphatic heterocycles. The first-order valence-electron chi connectivity index (χ1n) is 3.43. The van der Waals surface area contributed by atoms with Gasteiger partial charge in [0.15, 0.2) is 0 Å². The predicted octanol–water partition coefficient (Wildman–Crippen LogP) is -0.967. The fraction of sp³-hybridized carbons (Fsp3) is 1.00. The molecule has 0 aromatic rings. The van der Waals surface area contributed by atoms with Gasteiger partial charge in [-0.2, -0.15) is 0 Å². The molecule has 2 nitrogen and oxygen atoms in total. The molecule has 0 aliphatic carbocycles. The fourth-order valence-corrected chi connectivity index (χ4v) is 1.55. The number of nitrogens with zero attached hydrogens (tertiary/aromatic N) is 1. The van der Waals surface area contributed by atoms with Crippen LogP contribution in [0.25, 0.3) is 0 Å². The van der Waals surface area contributed by atoms with Crippen LogP contribution in [0, 0.1) is 5.92 Å². The Balaban J connectivity index is 0.000000405. The molecule has 0 aromatic carbocycles. The second kappa shape index (κ2) is 2.71. The van der Waals surface area contributed by atoms with Crippen LogP contribution in [-0.2, 0) is 0 Å². The van der Waals surface area contributed by atoms with E-state index >= 15 is 0 Å². The minimum atomic E-state index is 0. The summed E-state index contributed by atoms with van der Waals surface area (Å²) < 4.78 is 0. The van der Waals surface area contributed by atoms with Crippen LogP contribution in [0.1, 0.15) is 12.8 Å². The highest BCUT2D eigenvalue weighted by molar-refractivity contribution is 5.75. The lowest BCUT2D eigenvalue weighted by molar-refractivity contribution is 0.0572. The molecule has 0 aromatic heterocycles. The van der Waals surface area contributed by atoms with Gasteiger partial charge in [0.25, 0.3) is 0 Å². The molecule has 3 aliphatic rings. The van der Waals surface area contributed by atoms with Gasteiger partial charge < -0.3 is 0 Å². The maximum Gasteiger partial charge on any atom is 0.0814 e. The van der Waals surface area contributed by atoms with Crippen molar-refractivity contribution >= 4 is 8.41 Å². The van der Waals surface area contributed by atoms with Gasteiger partial charge in [-0.25, -0.2) is 5.01 Å². The zero-order chi connectivity index (χ0) is 5.40. The third kappa shape index (κ3) is 1.27. The quantitative estimate of drug-likeness (QED) is 0.420. The van der Waals surface area contributed by atoms with E-state index in [1.54, 1.807) is 0 Å². The molecule has 2 bridgehead atoms. The topological polar surface area (TPSA) is 15.3 Å². The van der Waals surface area contributed by atoms with Crippen molar-refractivity contribution in [2.75, 3.05) is 19.6 Å². The number of nitrogens with one attached hydrogen (secondary N) is 1. The first-order valence-corrected chi connectivity index (χ1v) is 3.43. The van der Waals surface area contributed by atoms with E-state index in [0.717, 1.165) is 5.92 Å². The Bertz CT molecular complexity index is 66.0. The minimum Gasteiger partial charge on any atom is -0.255 e. The molecule has 3 heterocycles. The number of piperidine rings is 1. The van der Waals surface area contributed by atoms with Gasteiger partial charge in [0.2, 0.25) is 0 Å². The maximum absolute atomic E-state index is 3.35. The Morgan fingerprint density at radius 1 is 1.22 bits per heavy atom. The summed E-state index contributed by atoms with van der Waals surface area (Å²) in [6, 6.07) is 0. The second-order valence-electron chi connectivity index (χ2n) is 2.79. The molecule has 52 valence electrons. The summed E-state index contributed by atoms with van der Waals surface area (Å²) in [7, 11) is 0. The van der Waals surface area contributed by atoms with Crippen LogP contribution in [0.4, 0.5) is 0 Å². The van der Waals surface area contributed by atoms with Crippen LogP contribution in [0.3, 0.4) is 0 Å². The Labute approximate surface area is 58.2 Å². The molecule has 0 spiro atoms. The second-order valence-corrected chi connectivity index (χ2v) is 2.79. The molecule has 3 rings (SSSR count). The molecule has 0 unspecified atom stereocenters. The van der Waals surface area contributed by atoms with Crippen molar-refractivity contribution in [1.82, 2.24) is 10.4 Å². The van der Waals surface area contributed by atoms with Gasteiger partial charge >= 0.3 is 0 Å². The van der Waals surface area contributed by atoms with Crippen molar-refractivity contribution in [3.8, 4) is 0 Å². The van der Waals surface area contributed by atoms with Crippen molar-refractivity contribution in [2.24, 2.45) is 5.92 Å². The summed E-state index contributed by atoms with van der Waals surface area (Å²) in [4.78, 5) is 0. The molecule has 0 amide bonds. The van der Waals surface area contributed by atoms with Crippen LogP contribution in [0.15, 0.2) is 0 Å². The molecule has 9 heavy (non-hydrogen) atoms. The summed E-state index contributed by atoms with van der Waals surface area (Å²) in [5, 5.41) is 2.33. The van der Waals surface area contributed by atoms with Crippen molar-refractivity contribution in [2.45, 2.75) is 12.8 Å². The highest BCUT2D eigenvalue weighted by atomic mass is 15.5. The van der Waals surface area contributed by atoms with Gasteiger partial charge in [-0.05, 0) is 18.8 Å². The van der Waals surface area contributed by atoms with Crippen LogP contribution in [0.2, 0.25) is 0 Å². The van der Waals surface area contributed by atoms with E-state index in [2.05, 4.69) is 10.4 Å². The Hall–Kier alpha value is -0.0151. The predicted molar refractivity (Wildman–Crippen MR) is 42.2 cm³/mol. The SMILES string of the molecule is B.C1CN2CCC1CN2. The van der Waals surface area contributed by atoms with Gasteiger partial charge in [0.05, 0.1) is 8.41 Å². The average Bonchev–Trinajstić information content (AvgIpc) is 1.92. The van der Waals surface area contributed by atoms with Gasteiger partial charge in [-0.3, -0.25) is 5.43 Å². The number of hydrogen-bond donors (Lipinski definition) is 1. The van der Waals surface area contributed by atoms with E-state index < -0.39 is 0 Å². The average molecular weight is 126 g/mol. The van der Waals surface area contributed by atoms with E-state index in [1.165, 1.54) is 32.5 Å². The molecular formula is C6H15BN2. The van der Waals surface area contributed by atoms with Crippen LogP contribution >= 0.6 is 0 Å². The summed E-state index contributed by atoms with van der Waals surface area (Å²) in [6.45, 7) is 3.80. The zero-order valence-corrected chi connectivity index (χ0v) is 5.06. The molecule has 0 radical (unpaired) electrons. The lowest BCUT2D eigenvalue weighted by Gasteiger charge is -2.39. The standard InChI is InChI=1S/C6H12N2.BH3/c1-3-8-4-2-6(1)5-7-8;/h6-7H,1-5H2;1H3. The Kier molecular flexibility index (Phi) is 2.14. The van der Waals surface area contributed by atoms with Gasteiger partial charge in [0, 0.05) is 19.6 Å². The highest BCUT2D eigenvalue weighted by Crippen LogP contribution is 2.19. The first-order chi connectivity index (χ1) is 3.95. The number of fused-ring (bicyclic) bond motifs is 3. The van der Waals surface area contributed by atoms with E-state index in [0.29, 0.717) is 0 Å². The molecule has 0 saturated carbocycles. The third-order valence-corrected chi connectivity index (χ3v) is 2.22. The molecule has 3 saturated heterocycles. The summed E-state index contributed by atoms with van der Waals surface area (Å²) in [5.74, 6) is 1.000. The van der Waals surface area contributed by atoms with E-state index in [-0.39, 0.29) is 8.41 Å². The number of hydrazine groups is 1. The lowest BCUT2D eigenvalue weighted by atomic mass is 9.96. The fourth-order valence-electron chi connectivity index (χ4n) is 1.55. The smallest absolute Gasteiger partial charge is 0.0814 e. The molecular weight excluding hydrogens is 111 g/mol. The molecule has 0 atom stereocenters.